The lowest BCUT2D eigenvalue weighted by Gasteiger charge is -2.16. The van der Waals surface area contributed by atoms with Crippen LogP contribution in [-0.4, -0.2) is 19.2 Å². The van der Waals surface area contributed by atoms with E-state index >= 15 is 0 Å². The van der Waals surface area contributed by atoms with Gasteiger partial charge in [0.05, 0.1) is 4.90 Å². The lowest BCUT2D eigenvalue weighted by molar-refractivity contribution is -0.118. The molecule has 0 amide bonds. The standard InChI is InChI=1S/C18H16N2O4S/c1-12(21)18(13-5-3-2-4-6-13)20-25(23,24)15-8-9-16-14(11-15)7-10-17(22)19-16/h2-11,18,20H,1H3,(H,19,22). The van der Waals surface area contributed by atoms with Gasteiger partial charge in [0, 0.05) is 11.6 Å². The molecule has 0 saturated heterocycles. The van der Waals surface area contributed by atoms with Gasteiger partial charge in [-0.2, -0.15) is 4.72 Å². The van der Waals surface area contributed by atoms with Crippen LogP contribution in [0.2, 0.25) is 0 Å². The van der Waals surface area contributed by atoms with Gasteiger partial charge < -0.3 is 4.98 Å². The summed E-state index contributed by atoms with van der Waals surface area (Å²) in [5.74, 6) is -0.306. The Labute approximate surface area is 144 Å². The van der Waals surface area contributed by atoms with Crippen molar-refractivity contribution in [3.8, 4) is 0 Å². The summed E-state index contributed by atoms with van der Waals surface area (Å²) in [5, 5.41) is 0.585. The second-order valence-electron chi connectivity index (χ2n) is 5.65. The third-order valence-electron chi connectivity index (χ3n) is 3.82. The second-order valence-corrected chi connectivity index (χ2v) is 7.36. The quantitative estimate of drug-likeness (QED) is 0.732. The number of benzene rings is 2. The van der Waals surface area contributed by atoms with Gasteiger partial charge in [0.25, 0.3) is 0 Å². The molecule has 1 aromatic heterocycles. The number of H-pyrrole nitrogens is 1. The SMILES string of the molecule is CC(=O)C(NS(=O)(=O)c1ccc2[nH]c(=O)ccc2c1)c1ccccc1. The van der Waals surface area contributed by atoms with Gasteiger partial charge in [-0.15, -0.1) is 0 Å². The lowest BCUT2D eigenvalue weighted by Crippen LogP contribution is -2.32. The molecule has 3 rings (SSSR count). The molecular weight excluding hydrogens is 340 g/mol. The molecule has 0 fully saturated rings. The van der Waals surface area contributed by atoms with Crippen LogP contribution in [0.1, 0.15) is 18.5 Å². The zero-order valence-electron chi connectivity index (χ0n) is 13.4. The highest BCUT2D eigenvalue weighted by Crippen LogP contribution is 2.20. The monoisotopic (exact) mass is 356 g/mol. The fourth-order valence-corrected chi connectivity index (χ4v) is 3.83. The van der Waals surface area contributed by atoms with Crippen molar-refractivity contribution < 1.29 is 13.2 Å². The number of Topliss-reactive ketones (excluding diaryl/α,β-unsaturated/α-hetero) is 1. The molecule has 7 heteroatoms. The first-order valence-corrected chi connectivity index (χ1v) is 9.06. The van der Waals surface area contributed by atoms with E-state index < -0.39 is 16.1 Å². The molecule has 2 aromatic carbocycles. The number of rotatable bonds is 5. The van der Waals surface area contributed by atoms with Crippen molar-refractivity contribution >= 4 is 26.7 Å². The maximum Gasteiger partial charge on any atom is 0.248 e. The molecule has 0 spiro atoms. The first-order chi connectivity index (χ1) is 11.9. The number of hydrogen-bond acceptors (Lipinski definition) is 4. The summed E-state index contributed by atoms with van der Waals surface area (Å²) in [7, 11) is -3.92. The van der Waals surface area contributed by atoms with Gasteiger partial charge in [-0.05, 0) is 42.1 Å². The number of sulfonamides is 1. The summed E-state index contributed by atoms with van der Waals surface area (Å²) >= 11 is 0. The molecule has 0 saturated carbocycles. The molecule has 0 radical (unpaired) electrons. The van der Waals surface area contributed by atoms with Crippen LogP contribution in [0.25, 0.3) is 10.9 Å². The van der Waals surface area contributed by atoms with Gasteiger partial charge in [0.1, 0.15) is 6.04 Å². The molecule has 0 aliphatic heterocycles. The first-order valence-electron chi connectivity index (χ1n) is 7.58. The van der Waals surface area contributed by atoms with Crippen molar-refractivity contribution in [3.05, 3.63) is 76.6 Å². The Bertz CT molecular complexity index is 1090. The van der Waals surface area contributed by atoms with Crippen LogP contribution in [0.3, 0.4) is 0 Å². The fourth-order valence-electron chi connectivity index (χ4n) is 2.55. The van der Waals surface area contributed by atoms with E-state index in [1.165, 1.54) is 31.2 Å². The second kappa shape index (κ2) is 6.62. The fraction of sp³-hybridized carbons (Fsp3) is 0.111. The summed E-state index contributed by atoms with van der Waals surface area (Å²) < 4.78 is 27.8. The van der Waals surface area contributed by atoms with E-state index in [1.807, 2.05) is 0 Å². The van der Waals surface area contributed by atoms with Gasteiger partial charge in [0.15, 0.2) is 5.78 Å². The minimum atomic E-state index is -3.92. The van der Waals surface area contributed by atoms with Crippen LogP contribution >= 0.6 is 0 Å². The summed E-state index contributed by atoms with van der Waals surface area (Å²) in [5.41, 5.74) is 0.850. The maximum absolute atomic E-state index is 12.7. The van der Waals surface area contributed by atoms with E-state index in [0.717, 1.165) is 0 Å². The summed E-state index contributed by atoms with van der Waals surface area (Å²) in [6.45, 7) is 1.34. The van der Waals surface area contributed by atoms with E-state index in [2.05, 4.69) is 9.71 Å². The largest absolute Gasteiger partial charge is 0.322 e. The zero-order chi connectivity index (χ0) is 18.0. The highest BCUT2D eigenvalue weighted by atomic mass is 32.2. The van der Waals surface area contributed by atoms with Crippen molar-refractivity contribution in [2.24, 2.45) is 0 Å². The Morgan fingerprint density at radius 2 is 1.76 bits per heavy atom. The number of hydrogen-bond donors (Lipinski definition) is 2. The number of aromatic amines is 1. The molecule has 3 aromatic rings. The van der Waals surface area contributed by atoms with Crippen LogP contribution in [0, 0.1) is 0 Å². The van der Waals surface area contributed by atoms with Gasteiger partial charge in [-0.25, -0.2) is 8.42 Å². The molecule has 0 aliphatic rings. The number of nitrogens with one attached hydrogen (secondary N) is 2. The molecule has 25 heavy (non-hydrogen) atoms. The molecule has 0 bridgehead atoms. The van der Waals surface area contributed by atoms with E-state index in [4.69, 9.17) is 0 Å². The Morgan fingerprint density at radius 3 is 2.44 bits per heavy atom. The third kappa shape index (κ3) is 3.67. The highest BCUT2D eigenvalue weighted by Gasteiger charge is 2.24. The highest BCUT2D eigenvalue weighted by molar-refractivity contribution is 7.89. The van der Waals surface area contributed by atoms with E-state index in [-0.39, 0.29) is 16.2 Å². The topological polar surface area (TPSA) is 96.1 Å². The van der Waals surface area contributed by atoms with Crippen molar-refractivity contribution in [1.29, 1.82) is 0 Å². The Balaban J connectivity index is 1.99. The van der Waals surface area contributed by atoms with Crippen LogP contribution in [0.15, 0.2) is 70.4 Å². The maximum atomic E-state index is 12.7. The van der Waals surface area contributed by atoms with Gasteiger partial charge in [0.2, 0.25) is 15.6 Å². The summed E-state index contributed by atoms with van der Waals surface area (Å²) in [6, 6.07) is 14.9. The van der Waals surface area contributed by atoms with Gasteiger partial charge in [-0.3, -0.25) is 9.59 Å². The Hall–Kier alpha value is -2.77. The van der Waals surface area contributed by atoms with Gasteiger partial charge in [-0.1, -0.05) is 30.3 Å². The predicted octanol–water partition coefficient (Wildman–Crippen LogP) is 2.14. The Morgan fingerprint density at radius 1 is 1.04 bits per heavy atom. The molecule has 0 aliphatic carbocycles. The minimum Gasteiger partial charge on any atom is -0.322 e. The van der Waals surface area contributed by atoms with E-state index in [0.29, 0.717) is 16.5 Å². The predicted molar refractivity (Wildman–Crippen MR) is 94.8 cm³/mol. The van der Waals surface area contributed by atoms with Crippen molar-refractivity contribution in [3.63, 3.8) is 0 Å². The molecule has 1 heterocycles. The van der Waals surface area contributed by atoms with Crippen molar-refractivity contribution in [2.75, 3.05) is 0 Å². The van der Waals surface area contributed by atoms with E-state index in [9.17, 15) is 18.0 Å². The average molecular weight is 356 g/mol. The molecule has 1 unspecified atom stereocenters. The van der Waals surface area contributed by atoms with Crippen LogP contribution in [-0.2, 0) is 14.8 Å². The molecule has 6 nitrogen and oxygen atoms in total. The average Bonchev–Trinajstić information content (AvgIpc) is 2.59. The number of fused-ring (bicyclic) bond motifs is 1. The molecule has 128 valence electrons. The normalized spacial score (nSPS) is 12.8. The Kier molecular flexibility index (Phi) is 4.52. The number of carbonyl (C=O) groups excluding carboxylic acids is 1. The zero-order valence-corrected chi connectivity index (χ0v) is 14.2. The van der Waals surface area contributed by atoms with E-state index in [1.54, 1.807) is 36.4 Å². The number of pyridine rings is 1. The molecule has 1 atom stereocenters. The van der Waals surface area contributed by atoms with Crippen LogP contribution in [0.5, 0.6) is 0 Å². The minimum absolute atomic E-state index is 0.0224. The van der Waals surface area contributed by atoms with Crippen molar-refractivity contribution in [2.45, 2.75) is 17.9 Å². The number of carbonyl (C=O) groups is 1. The van der Waals surface area contributed by atoms with Crippen LogP contribution in [0.4, 0.5) is 0 Å². The summed E-state index contributed by atoms with van der Waals surface area (Å²) in [4.78, 5) is 25.9. The van der Waals surface area contributed by atoms with Crippen molar-refractivity contribution in [1.82, 2.24) is 9.71 Å². The van der Waals surface area contributed by atoms with Gasteiger partial charge >= 0.3 is 0 Å². The number of aromatic nitrogens is 1. The smallest absolute Gasteiger partial charge is 0.248 e. The lowest BCUT2D eigenvalue weighted by atomic mass is 10.1. The third-order valence-corrected chi connectivity index (χ3v) is 5.24. The molecular formula is C18H16N2O4S. The number of ketones is 1. The first kappa shape index (κ1) is 17.1. The summed E-state index contributed by atoms with van der Waals surface area (Å²) in [6.07, 6.45) is 0. The molecule has 2 N–H and O–H groups in total. The van der Waals surface area contributed by atoms with Crippen LogP contribution < -0.4 is 10.3 Å².